The number of ether oxygens (including phenoxy) is 3. The Morgan fingerprint density at radius 2 is 1.79 bits per heavy atom. The van der Waals surface area contributed by atoms with Crippen molar-refractivity contribution in [2.24, 2.45) is 0 Å². The van der Waals surface area contributed by atoms with Crippen LogP contribution in [0.25, 0.3) is 16.7 Å². The molecule has 0 aliphatic heterocycles. The van der Waals surface area contributed by atoms with E-state index in [2.05, 4.69) is 10.3 Å². The molecule has 0 amide bonds. The molecule has 8 nitrogen and oxygen atoms in total. The van der Waals surface area contributed by atoms with Crippen LogP contribution in [0, 0.1) is 0 Å². The normalized spacial score (nSPS) is 10.8. The highest BCUT2D eigenvalue weighted by Crippen LogP contribution is 2.40. The van der Waals surface area contributed by atoms with Crippen molar-refractivity contribution in [1.29, 1.82) is 0 Å². The fourth-order valence-corrected chi connectivity index (χ4v) is 3.67. The number of carbonyl (C=O) groups excluding carboxylic acids is 1. The van der Waals surface area contributed by atoms with E-state index in [9.17, 15) is 4.79 Å². The summed E-state index contributed by atoms with van der Waals surface area (Å²) in [7, 11) is 4.69. The number of ketones is 1. The van der Waals surface area contributed by atoms with E-state index < -0.39 is 0 Å². The van der Waals surface area contributed by atoms with Crippen LogP contribution in [0.4, 0.5) is 11.6 Å². The SMILES string of the molecule is CCCC(=O)c1cccc(-n2ccc3cnc(Nc4cc(OC)c(OC)c(OC)c4)nc32)c1. The van der Waals surface area contributed by atoms with Gasteiger partial charge in [0.1, 0.15) is 5.65 Å². The molecule has 4 aromatic rings. The average molecular weight is 447 g/mol. The molecule has 2 aromatic heterocycles. The number of carbonyl (C=O) groups is 1. The molecule has 0 atom stereocenters. The van der Waals surface area contributed by atoms with Crippen molar-refractivity contribution < 1.29 is 19.0 Å². The number of rotatable bonds is 9. The van der Waals surface area contributed by atoms with Crippen LogP contribution in [0.3, 0.4) is 0 Å². The second-order valence-electron chi connectivity index (χ2n) is 7.42. The molecule has 8 heteroatoms. The molecule has 0 saturated carbocycles. The maximum absolute atomic E-state index is 12.4. The molecule has 33 heavy (non-hydrogen) atoms. The van der Waals surface area contributed by atoms with Crippen molar-refractivity contribution in [3.05, 3.63) is 60.4 Å². The first-order valence-electron chi connectivity index (χ1n) is 10.6. The van der Waals surface area contributed by atoms with Crippen molar-refractivity contribution in [2.45, 2.75) is 19.8 Å². The summed E-state index contributed by atoms with van der Waals surface area (Å²) in [5.74, 6) is 2.10. The lowest BCUT2D eigenvalue weighted by Crippen LogP contribution is -2.03. The smallest absolute Gasteiger partial charge is 0.229 e. The fourth-order valence-electron chi connectivity index (χ4n) is 3.67. The van der Waals surface area contributed by atoms with E-state index in [1.807, 2.05) is 48.0 Å². The second-order valence-corrected chi connectivity index (χ2v) is 7.42. The van der Waals surface area contributed by atoms with E-state index in [1.54, 1.807) is 39.7 Å². The minimum absolute atomic E-state index is 0.134. The molecule has 0 aliphatic rings. The summed E-state index contributed by atoms with van der Waals surface area (Å²) in [6, 6.07) is 13.1. The van der Waals surface area contributed by atoms with Gasteiger partial charge in [-0.05, 0) is 24.6 Å². The van der Waals surface area contributed by atoms with Crippen molar-refractivity contribution in [3.8, 4) is 22.9 Å². The van der Waals surface area contributed by atoms with Crippen molar-refractivity contribution in [2.75, 3.05) is 26.6 Å². The molecular weight excluding hydrogens is 420 g/mol. The van der Waals surface area contributed by atoms with Gasteiger partial charge in [0, 0.05) is 53.3 Å². The summed E-state index contributed by atoms with van der Waals surface area (Å²) in [4.78, 5) is 21.5. The Morgan fingerprint density at radius 1 is 1.03 bits per heavy atom. The number of nitrogens with one attached hydrogen (secondary N) is 1. The van der Waals surface area contributed by atoms with Crippen molar-refractivity contribution in [1.82, 2.24) is 14.5 Å². The first kappa shape index (κ1) is 22.1. The van der Waals surface area contributed by atoms with Crippen LogP contribution >= 0.6 is 0 Å². The summed E-state index contributed by atoms with van der Waals surface area (Å²) >= 11 is 0. The summed E-state index contributed by atoms with van der Waals surface area (Å²) in [6.45, 7) is 2.00. The predicted octanol–water partition coefficient (Wildman–Crippen LogP) is 5.17. The number of Topliss-reactive ketones (excluding diaryl/α,β-unsaturated/α-hetero) is 1. The number of nitrogens with zero attached hydrogens (tertiary/aromatic N) is 3. The molecule has 170 valence electrons. The Labute approximate surface area is 192 Å². The summed E-state index contributed by atoms with van der Waals surface area (Å²) in [5.41, 5.74) is 2.97. The first-order valence-corrected chi connectivity index (χ1v) is 10.6. The van der Waals surface area contributed by atoms with E-state index in [0.717, 1.165) is 23.1 Å². The Morgan fingerprint density at radius 3 is 2.45 bits per heavy atom. The molecule has 2 aromatic carbocycles. The zero-order chi connectivity index (χ0) is 23.4. The Kier molecular flexibility index (Phi) is 6.44. The molecule has 0 aliphatic carbocycles. The van der Waals surface area contributed by atoms with E-state index in [0.29, 0.717) is 40.9 Å². The Bertz CT molecular complexity index is 1270. The quantitative estimate of drug-likeness (QED) is 0.355. The highest BCUT2D eigenvalue weighted by Gasteiger charge is 2.15. The van der Waals surface area contributed by atoms with E-state index in [4.69, 9.17) is 19.2 Å². The summed E-state index contributed by atoms with van der Waals surface area (Å²) < 4.78 is 18.2. The van der Waals surface area contributed by atoms with Crippen LogP contribution in [-0.4, -0.2) is 41.6 Å². The van der Waals surface area contributed by atoms with Crippen LogP contribution in [0.5, 0.6) is 17.2 Å². The van der Waals surface area contributed by atoms with Gasteiger partial charge in [0.2, 0.25) is 11.7 Å². The number of anilines is 2. The fraction of sp³-hybridized carbons (Fsp3) is 0.240. The van der Waals surface area contributed by atoms with Gasteiger partial charge >= 0.3 is 0 Å². The minimum atomic E-state index is 0.134. The van der Waals surface area contributed by atoms with E-state index >= 15 is 0 Å². The molecule has 2 heterocycles. The lowest BCUT2D eigenvalue weighted by atomic mass is 10.1. The van der Waals surface area contributed by atoms with E-state index in [-0.39, 0.29) is 5.78 Å². The third kappa shape index (κ3) is 4.45. The molecule has 1 N–H and O–H groups in total. The highest BCUT2D eigenvalue weighted by atomic mass is 16.5. The highest BCUT2D eigenvalue weighted by molar-refractivity contribution is 5.96. The van der Waals surface area contributed by atoms with Gasteiger partial charge in [-0.3, -0.25) is 4.79 Å². The van der Waals surface area contributed by atoms with Gasteiger partial charge in [-0.15, -0.1) is 0 Å². The van der Waals surface area contributed by atoms with Gasteiger partial charge in [0.05, 0.1) is 21.3 Å². The maximum Gasteiger partial charge on any atom is 0.229 e. The minimum Gasteiger partial charge on any atom is -0.493 e. The van der Waals surface area contributed by atoms with Gasteiger partial charge in [-0.2, -0.15) is 4.98 Å². The monoisotopic (exact) mass is 446 g/mol. The van der Waals surface area contributed by atoms with Gasteiger partial charge in [-0.25, -0.2) is 4.98 Å². The van der Waals surface area contributed by atoms with E-state index in [1.165, 1.54) is 0 Å². The summed E-state index contributed by atoms with van der Waals surface area (Å²) in [6.07, 6.45) is 5.02. The summed E-state index contributed by atoms with van der Waals surface area (Å²) in [5, 5.41) is 4.09. The van der Waals surface area contributed by atoms with Crippen LogP contribution in [0.2, 0.25) is 0 Å². The molecule has 4 rings (SSSR count). The van der Waals surface area contributed by atoms with Crippen molar-refractivity contribution in [3.63, 3.8) is 0 Å². The molecule has 0 bridgehead atoms. The number of benzene rings is 2. The second kappa shape index (κ2) is 9.60. The standard InChI is InChI=1S/C25H26N4O4/c1-5-7-20(30)16-8-6-9-19(12-16)29-11-10-17-15-26-25(28-24(17)29)27-18-13-21(31-2)23(33-4)22(14-18)32-3/h6,8-15H,5,7H2,1-4H3,(H,26,27,28). The lowest BCUT2D eigenvalue weighted by Gasteiger charge is -2.14. The number of hydrogen-bond acceptors (Lipinski definition) is 7. The predicted molar refractivity (Wildman–Crippen MR) is 127 cm³/mol. The molecular formula is C25H26N4O4. The zero-order valence-corrected chi connectivity index (χ0v) is 19.1. The lowest BCUT2D eigenvalue weighted by molar-refractivity contribution is 0.0981. The Balaban J connectivity index is 1.70. The topological polar surface area (TPSA) is 87.5 Å². The number of fused-ring (bicyclic) bond motifs is 1. The maximum atomic E-state index is 12.4. The van der Waals surface area contributed by atoms with Gasteiger partial charge in [0.25, 0.3) is 0 Å². The third-order valence-corrected chi connectivity index (χ3v) is 5.27. The molecule has 0 spiro atoms. The first-order chi connectivity index (χ1) is 16.1. The number of methoxy groups -OCH3 is 3. The van der Waals surface area contributed by atoms with Crippen molar-refractivity contribution >= 4 is 28.5 Å². The van der Waals surface area contributed by atoms with Gasteiger partial charge in [-0.1, -0.05) is 19.1 Å². The number of hydrogen-bond donors (Lipinski definition) is 1. The van der Waals surface area contributed by atoms with Crippen LogP contribution in [0.15, 0.2) is 54.9 Å². The third-order valence-electron chi connectivity index (χ3n) is 5.27. The Hall–Kier alpha value is -4.07. The van der Waals surface area contributed by atoms with Crippen LogP contribution < -0.4 is 19.5 Å². The van der Waals surface area contributed by atoms with Gasteiger partial charge in [0.15, 0.2) is 17.3 Å². The molecule has 0 unspecified atom stereocenters. The largest absolute Gasteiger partial charge is 0.493 e. The number of aromatic nitrogens is 3. The zero-order valence-electron chi connectivity index (χ0n) is 19.1. The molecule has 0 fully saturated rings. The van der Waals surface area contributed by atoms with Crippen LogP contribution in [-0.2, 0) is 0 Å². The average Bonchev–Trinajstić information content (AvgIpc) is 3.27. The molecule has 0 radical (unpaired) electrons. The molecule has 0 saturated heterocycles. The van der Waals surface area contributed by atoms with Gasteiger partial charge < -0.3 is 24.1 Å². The van der Waals surface area contributed by atoms with Crippen LogP contribution in [0.1, 0.15) is 30.1 Å².